The number of aromatic nitrogens is 3. The lowest BCUT2D eigenvalue weighted by Crippen LogP contribution is -2.24. The van der Waals surface area contributed by atoms with Crippen LogP contribution in [0.25, 0.3) is 0 Å². The molecule has 0 spiro atoms. The molecular weight excluding hydrogens is 244 g/mol. The van der Waals surface area contributed by atoms with Gasteiger partial charge >= 0.3 is 0 Å². The summed E-state index contributed by atoms with van der Waals surface area (Å²) in [6.45, 7) is 2.42. The first-order chi connectivity index (χ1) is 9.28. The fourth-order valence-electron chi connectivity index (χ4n) is 1.65. The van der Waals surface area contributed by atoms with Gasteiger partial charge in [0.05, 0.1) is 24.4 Å². The van der Waals surface area contributed by atoms with E-state index in [-0.39, 0.29) is 12.3 Å². The number of nitrogens with zero attached hydrogens (tertiary/aromatic N) is 3. The van der Waals surface area contributed by atoms with Gasteiger partial charge in [0.2, 0.25) is 5.91 Å². The van der Waals surface area contributed by atoms with E-state index in [0.717, 1.165) is 18.5 Å². The average Bonchev–Trinajstić information content (AvgIpc) is 2.86. The Bertz CT molecular complexity index is 524. The largest absolute Gasteiger partial charge is 0.359 e. The summed E-state index contributed by atoms with van der Waals surface area (Å²) < 4.78 is 5.13. The molecule has 19 heavy (non-hydrogen) atoms. The van der Waals surface area contributed by atoms with Gasteiger partial charge in [0.25, 0.3) is 0 Å². The highest BCUT2D eigenvalue weighted by atomic mass is 16.5. The Morgan fingerprint density at radius 2 is 2.26 bits per heavy atom. The predicted molar refractivity (Wildman–Crippen MR) is 68.1 cm³/mol. The lowest BCUT2D eigenvalue weighted by molar-refractivity contribution is -0.120. The van der Waals surface area contributed by atoms with Crippen LogP contribution in [0, 0.1) is 0 Å². The van der Waals surface area contributed by atoms with Gasteiger partial charge in [-0.15, -0.1) is 0 Å². The van der Waals surface area contributed by atoms with Crippen molar-refractivity contribution in [2.75, 3.05) is 0 Å². The number of carbonyl (C=O) groups excluding carboxylic acids is 1. The van der Waals surface area contributed by atoms with Gasteiger partial charge < -0.3 is 9.84 Å². The Balaban J connectivity index is 1.79. The first-order valence-electron chi connectivity index (χ1n) is 6.24. The number of carbonyl (C=O) groups is 1. The number of aryl methyl sites for hydroxylation is 1. The van der Waals surface area contributed by atoms with E-state index < -0.39 is 0 Å². The van der Waals surface area contributed by atoms with E-state index in [0.29, 0.717) is 18.0 Å². The monoisotopic (exact) mass is 260 g/mol. The normalized spacial score (nSPS) is 10.4. The summed E-state index contributed by atoms with van der Waals surface area (Å²) in [5, 5.41) is 6.68. The highest BCUT2D eigenvalue weighted by Crippen LogP contribution is 2.05. The number of amides is 1. The molecule has 0 aliphatic rings. The van der Waals surface area contributed by atoms with Crippen LogP contribution in [-0.2, 0) is 24.2 Å². The first-order valence-corrected chi connectivity index (χ1v) is 6.24. The predicted octanol–water partition coefficient (Wildman–Crippen LogP) is 1.28. The van der Waals surface area contributed by atoms with Crippen molar-refractivity contribution in [3.8, 4) is 0 Å². The van der Waals surface area contributed by atoms with Gasteiger partial charge in [-0.2, -0.15) is 0 Å². The fourth-order valence-corrected chi connectivity index (χ4v) is 1.65. The molecule has 2 aromatic heterocycles. The van der Waals surface area contributed by atoms with Gasteiger partial charge in [-0.05, 0) is 6.42 Å². The summed E-state index contributed by atoms with van der Waals surface area (Å²) in [4.78, 5) is 19.6. The van der Waals surface area contributed by atoms with E-state index in [2.05, 4.69) is 27.4 Å². The molecule has 0 aliphatic heterocycles. The van der Waals surface area contributed by atoms with Gasteiger partial charge in [-0.3, -0.25) is 14.8 Å². The Morgan fingerprint density at radius 3 is 3.00 bits per heavy atom. The van der Waals surface area contributed by atoms with Crippen LogP contribution in [0.1, 0.15) is 30.5 Å². The highest BCUT2D eigenvalue weighted by Gasteiger charge is 2.07. The number of rotatable bonds is 6. The second-order valence-corrected chi connectivity index (χ2v) is 4.18. The molecule has 2 heterocycles. The van der Waals surface area contributed by atoms with E-state index >= 15 is 0 Å². The average molecular weight is 260 g/mol. The maximum atomic E-state index is 11.7. The third-order valence-electron chi connectivity index (χ3n) is 2.53. The standard InChI is InChI=1S/C13H16N4O2/c1-2-3-10-6-12(19-17-10)9-16-13(18)7-11-8-14-4-5-15-11/h4-6,8H,2-3,7,9H2,1H3,(H,16,18). The van der Waals surface area contributed by atoms with Crippen LogP contribution in [0.3, 0.4) is 0 Å². The summed E-state index contributed by atoms with van der Waals surface area (Å²) >= 11 is 0. The van der Waals surface area contributed by atoms with Crippen LogP contribution in [0.15, 0.2) is 29.2 Å². The zero-order valence-electron chi connectivity index (χ0n) is 10.8. The van der Waals surface area contributed by atoms with Crippen molar-refractivity contribution >= 4 is 5.91 Å². The van der Waals surface area contributed by atoms with E-state index in [1.165, 1.54) is 0 Å². The lowest BCUT2D eigenvalue weighted by atomic mass is 10.2. The smallest absolute Gasteiger partial charge is 0.226 e. The second-order valence-electron chi connectivity index (χ2n) is 4.18. The maximum absolute atomic E-state index is 11.7. The quantitative estimate of drug-likeness (QED) is 0.846. The maximum Gasteiger partial charge on any atom is 0.226 e. The SMILES string of the molecule is CCCc1cc(CNC(=O)Cc2cnccn2)on1. The summed E-state index contributed by atoms with van der Waals surface area (Å²) in [6, 6.07) is 1.87. The fraction of sp³-hybridized carbons (Fsp3) is 0.385. The summed E-state index contributed by atoms with van der Waals surface area (Å²) in [7, 11) is 0. The van der Waals surface area contributed by atoms with Crippen LogP contribution in [0.4, 0.5) is 0 Å². The third kappa shape index (κ3) is 4.17. The van der Waals surface area contributed by atoms with Crippen molar-refractivity contribution < 1.29 is 9.32 Å². The van der Waals surface area contributed by atoms with Crippen molar-refractivity contribution in [3.05, 3.63) is 41.8 Å². The van der Waals surface area contributed by atoms with Crippen molar-refractivity contribution in [3.63, 3.8) is 0 Å². The Labute approximate surface area is 111 Å². The number of nitrogens with one attached hydrogen (secondary N) is 1. The molecule has 100 valence electrons. The molecule has 0 aliphatic carbocycles. The number of hydrogen-bond acceptors (Lipinski definition) is 5. The molecule has 1 N–H and O–H groups in total. The third-order valence-corrected chi connectivity index (χ3v) is 2.53. The molecule has 2 rings (SSSR count). The zero-order valence-corrected chi connectivity index (χ0v) is 10.8. The van der Waals surface area contributed by atoms with Crippen LogP contribution in [0.2, 0.25) is 0 Å². The molecule has 0 aromatic carbocycles. The van der Waals surface area contributed by atoms with E-state index in [9.17, 15) is 4.79 Å². The van der Waals surface area contributed by atoms with E-state index in [1.54, 1.807) is 18.6 Å². The lowest BCUT2D eigenvalue weighted by Gasteiger charge is -2.01. The molecule has 0 fully saturated rings. The van der Waals surface area contributed by atoms with Gasteiger partial charge in [0.15, 0.2) is 5.76 Å². The Hall–Kier alpha value is -2.24. The topological polar surface area (TPSA) is 80.9 Å². The van der Waals surface area contributed by atoms with Crippen LogP contribution in [-0.4, -0.2) is 21.0 Å². The Morgan fingerprint density at radius 1 is 1.37 bits per heavy atom. The molecule has 6 heteroatoms. The van der Waals surface area contributed by atoms with Crippen molar-refractivity contribution in [2.45, 2.75) is 32.7 Å². The van der Waals surface area contributed by atoms with Gasteiger partial charge in [0, 0.05) is 24.7 Å². The highest BCUT2D eigenvalue weighted by molar-refractivity contribution is 5.77. The van der Waals surface area contributed by atoms with E-state index in [4.69, 9.17) is 4.52 Å². The molecule has 0 saturated heterocycles. The van der Waals surface area contributed by atoms with Gasteiger partial charge in [-0.25, -0.2) is 0 Å². The molecule has 1 amide bonds. The van der Waals surface area contributed by atoms with Crippen molar-refractivity contribution in [2.24, 2.45) is 0 Å². The minimum atomic E-state index is -0.117. The first kappa shape index (κ1) is 13.2. The molecule has 6 nitrogen and oxygen atoms in total. The summed E-state index contributed by atoms with van der Waals surface area (Å²) in [5.74, 6) is 0.546. The number of hydrogen-bond donors (Lipinski definition) is 1. The van der Waals surface area contributed by atoms with Crippen LogP contribution < -0.4 is 5.32 Å². The Kier molecular flexibility index (Phi) is 4.60. The van der Waals surface area contributed by atoms with Crippen molar-refractivity contribution in [1.29, 1.82) is 0 Å². The van der Waals surface area contributed by atoms with Crippen molar-refractivity contribution in [1.82, 2.24) is 20.4 Å². The minimum Gasteiger partial charge on any atom is -0.359 e. The molecule has 2 aromatic rings. The van der Waals surface area contributed by atoms with Crippen LogP contribution in [0.5, 0.6) is 0 Å². The molecule has 0 saturated carbocycles. The van der Waals surface area contributed by atoms with Gasteiger partial charge in [0.1, 0.15) is 0 Å². The van der Waals surface area contributed by atoms with Crippen LogP contribution >= 0.6 is 0 Å². The molecule has 0 atom stereocenters. The minimum absolute atomic E-state index is 0.117. The van der Waals surface area contributed by atoms with Gasteiger partial charge in [-0.1, -0.05) is 18.5 Å². The molecule has 0 bridgehead atoms. The van der Waals surface area contributed by atoms with E-state index in [1.807, 2.05) is 6.07 Å². The molecule has 0 radical (unpaired) electrons. The zero-order chi connectivity index (χ0) is 13.5. The second kappa shape index (κ2) is 6.63. The molecular formula is C13H16N4O2. The summed E-state index contributed by atoms with van der Waals surface area (Å²) in [5.41, 5.74) is 1.56. The molecule has 0 unspecified atom stereocenters. The summed E-state index contributed by atoms with van der Waals surface area (Å²) in [6.07, 6.45) is 6.83.